The van der Waals surface area contributed by atoms with Gasteiger partial charge in [0.2, 0.25) is 14.2 Å². The highest BCUT2D eigenvalue weighted by molar-refractivity contribution is 7.93. The average Bonchev–Trinajstić information content (AvgIpc) is 3.04. The fraction of sp³-hybridized carbons (Fsp3) is 0.176. The third-order valence-electron chi connectivity index (χ3n) is 3.61. The smallest absolute Gasteiger partial charge is 0.319 e. The first-order valence-electron chi connectivity index (χ1n) is 7.80. The van der Waals surface area contributed by atoms with Crippen molar-refractivity contribution in [3.8, 4) is 0 Å². The molecule has 0 radical (unpaired) electrons. The van der Waals surface area contributed by atoms with E-state index in [2.05, 4.69) is 15.6 Å². The maximum Gasteiger partial charge on any atom is 0.319 e. The van der Waals surface area contributed by atoms with Crippen molar-refractivity contribution in [1.29, 1.82) is 0 Å². The lowest BCUT2D eigenvalue weighted by atomic mass is 10.2. The lowest BCUT2D eigenvalue weighted by molar-refractivity contribution is 0.251. The number of anilines is 1. The molecule has 3 rings (SSSR count). The second kappa shape index (κ2) is 7.38. The summed E-state index contributed by atoms with van der Waals surface area (Å²) in [6, 6.07) is 10.5. The van der Waals surface area contributed by atoms with E-state index in [0.717, 1.165) is 11.3 Å². The van der Waals surface area contributed by atoms with Crippen LogP contribution in [0.3, 0.4) is 0 Å². The zero-order chi connectivity index (χ0) is 18.7. The number of nitrogens with one attached hydrogen (secondary N) is 2. The van der Waals surface area contributed by atoms with Gasteiger partial charge in [0.1, 0.15) is 5.82 Å². The second-order valence-corrected chi connectivity index (χ2v) is 8.99. The Kier molecular flexibility index (Phi) is 5.19. The minimum atomic E-state index is -3.36. The molecular formula is C17H16FN3O3S2. The zero-order valence-corrected chi connectivity index (χ0v) is 15.5. The van der Waals surface area contributed by atoms with Crippen LogP contribution in [0.2, 0.25) is 0 Å². The molecule has 0 bridgehead atoms. The van der Waals surface area contributed by atoms with Crippen LogP contribution in [0.5, 0.6) is 0 Å². The van der Waals surface area contributed by atoms with Crippen molar-refractivity contribution >= 4 is 43.1 Å². The van der Waals surface area contributed by atoms with Gasteiger partial charge < -0.3 is 10.6 Å². The number of hydrogen-bond acceptors (Lipinski definition) is 5. The molecule has 3 aromatic rings. The fourth-order valence-corrected chi connectivity index (χ4v) is 4.59. The molecule has 0 aliphatic heterocycles. The largest absolute Gasteiger partial charge is 0.334 e. The summed E-state index contributed by atoms with van der Waals surface area (Å²) >= 11 is 1.07. The van der Waals surface area contributed by atoms with E-state index >= 15 is 0 Å². The van der Waals surface area contributed by atoms with Crippen molar-refractivity contribution in [1.82, 2.24) is 10.3 Å². The number of amides is 2. The Morgan fingerprint density at radius 3 is 2.77 bits per heavy atom. The van der Waals surface area contributed by atoms with Crippen LogP contribution in [-0.2, 0) is 16.4 Å². The van der Waals surface area contributed by atoms with Crippen molar-refractivity contribution in [2.75, 3.05) is 11.1 Å². The molecule has 1 heterocycles. The van der Waals surface area contributed by atoms with Crippen LogP contribution in [-0.4, -0.2) is 25.2 Å². The van der Waals surface area contributed by atoms with Gasteiger partial charge in [-0.25, -0.2) is 22.6 Å². The monoisotopic (exact) mass is 393 g/mol. The Morgan fingerprint density at radius 2 is 2.04 bits per heavy atom. The van der Waals surface area contributed by atoms with Crippen molar-refractivity contribution in [3.05, 3.63) is 53.8 Å². The van der Waals surface area contributed by atoms with E-state index in [4.69, 9.17) is 0 Å². The van der Waals surface area contributed by atoms with Gasteiger partial charge in [0.25, 0.3) is 0 Å². The van der Waals surface area contributed by atoms with Crippen LogP contribution in [0.15, 0.2) is 46.8 Å². The summed E-state index contributed by atoms with van der Waals surface area (Å²) in [6.07, 6.45) is 0. The van der Waals surface area contributed by atoms with Gasteiger partial charge in [0.05, 0.1) is 16.0 Å². The van der Waals surface area contributed by atoms with E-state index in [1.165, 1.54) is 12.1 Å². The molecule has 2 aromatic carbocycles. The molecule has 26 heavy (non-hydrogen) atoms. The average molecular weight is 393 g/mol. The number of benzene rings is 2. The first kappa shape index (κ1) is 18.3. The summed E-state index contributed by atoms with van der Waals surface area (Å²) in [5, 5.41) is 5.30. The van der Waals surface area contributed by atoms with E-state index in [1.807, 2.05) is 0 Å². The van der Waals surface area contributed by atoms with Crippen molar-refractivity contribution in [2.45, 2.75) is 17.8 Å². The number of thiazole rings is 1. The number of hydrogen-bond donors (Lipinski definition) is 2. The molecule has 6 nitrogen and oxygen atoms in total. The number of urea groups is 1. The van der Waals surface area contributed by atoms with Crippen LogP contribution < -0.4 is 10.6 Å². The van der Waals surface area contributed by atoms with E-state index in [1.54, 1.807) is 37.3 Å². The van der Waals surface area contributed by atoms with Gasteiger partial charge in [-0.2, -0.15) is 0 Å². The highest BCUT2D eigenvalue weighted by Gasteiger charge is 2.17. The highest BCUT2D eigenvalue weighted by atomic mass is 32.2. The molecule has 9 heteroatoms. The minimum Gasteiger partial charge on any atom is -0.334 e. The molecule has 136 valence electrons. The maximum atomic E-state index is 13.1. The van der Waals surface area contributed by atoms with Crippen molar-refractivity contribution < 1.29 is 17.6 Å². The van der Waals surface area contributed by atoms with Crippen LogP contribution in [0.25, 0.3) is 10.2 Å². The fourth-order valence-electron chi connectivity index (χ4n) is 2.24. The van der Waals surface area contributed by atoms with Gasteiger partial charge in [-0.15, -0.1) is 11.3 Å². The molecule has 0 fully saturated rings. The highest BCUT2D eigenvalue weighted by Crippen LogP contribution is 2.28. The summed E-state index contributed by atoms with van der Waals surface area (Å²) in [5.41, 5.74) is 1.72. The van der Waals surface area contributed by atoms with Crippen LogP contribution in [0, 0.1) is 5.82 Å². The van der Waals surface area contributed by atoms with Gasteiger partial charge >= 0.3 is 6.03 Å². The molecule has 2 amide bonds. The third kappa shape index (κ3) is 4.17. The Bertz CT molecular complexity index is 1060. The number of fused-ring (bicyclic) bond motifs is 1. The predicted octanol–water partition coefficient (Wildman–Crippen LogP) is 3.55. The van der Waals surface area contributed by atoms with E-state index in [0.29, 0.717) is 21.5 Å². The van der Waals surface area contributed by atoms with Gasteiger partial charge in [-0.05, 0) is 35.9 Å². The van der Waals surface area contributed by atoms with Gasteiger partial charge in [-0.1, -0.05) is 19.1 Å². The standard InChI is InChI=1S/C17H16FN3O3S2/c1-2-26(23,24)17-21-14-7-6-13(9-15(14)25-17)20-16(22)19-10-11-4-3-5-12(18)8-11/h3-9H,2,10H2,1H3,(H2,19,20,22). The maximum absolute atomic E-state index is 13.1. The number of carbonyl (C=O) groups excluding carboxylic acids is 1. The predicted molar refractivity (Wildman–Crippen MR) is 99.6 cm³/mol. The Balaban J connectivity index is 1.69. The Labute approximate surface area is 154 Å². The summed E-state index contributed by atoms with van der Waals surface area (Å²) in [5.74, 6) is -0.376. The van der Waals surface area contributed by atoms with Crippen molar-refractivity contribution in [2.24, 2.45) is 0 Å². The van der Waals surface area contributed by atoms with E-state index in [9.17, 15) is 17.6 Å². The molecule has 0 saturated carbocycles. The normalized spacial score (nSPS) is 11.5. The summed E-state index contributed by atoms with van der Waals surface area (Å²) in [7, 11) is -3.36. The number of nitrogens with zero attached hydrogens (tertiary/aromatic N) is 1. The molecule has 2 N–H and O–H groups in total. The number of aromatic nitrogens is 1. The van der Waals surface area contributed by atoms with Crippen LogP contribution in [0.1, 0.15) is 12.5 Å². The quantitative estimate of drug-likeness (QED) is 0.694. The molecule has 0 unspecified atom stereocenters. The molecule has 1 aromatic heterocycles. The zero-order valence-electron chi connectivity index (χ0n) is 13.8. The number of rotatable bonds is 5. The van der Waals surface area contributed by atoms with Crippen molar-refractivity contribution in [3.63, 3.8) is 0 Å². The molecule has 0 aliphatic carbocycles. The second-order valence-electron chi connectivity index (χ2n) is 5.50. The first-order valence-corrected chi connectivity index (χ1v) is 10.3. The number of carbonyl (C=O) groups is 1. The lowest BCUT2D eigenvalue weighted by Crippen LogP contribution is -2.28. The molecular weight excluding hydrogens is 377 g/mol. The molecule has 0 atom stereocenters. The summed E-state index contributed by atoms with van der Waals surface area (Å²) in [6.45, 7) is 1.75. The molecule has 0 spiro atoms. The van der Waals surface area contributed by atoms with Gasteiger partial charge in [-0.3, -0.25) is 0 Å². The summed E-state index contributed by atoms with van der Waals surface area (Å²) < 4.78 is 37.7. The SMILES string of the molecule is CCS(=O)(=O)c1nc2ccc(NC(=O)NCc3cccc(F)c3)cc2s1. The molecule has 0 saturated heterocycles. The molecule has 0 aliphatic rings. The topological polar surface area (TPSA) is 88.2 Å². The van der Waals surface area contributed by atoms with Gasteiger partial charge in [0, 0.05) is 12.2 Å². The van der Waals surface area contributed by atoms with Crippen LogP contribution >= 0.6 is 11.3 Å². The third-order valence-corrected chi connectivity index (χ3v) is 6.82. The number of halogens is 1. The lowest BCUT2D eigenvalue weighted by Gasteiger charge is -2.07. The number of sulfone groups is 1. The summed E-state index contributed by atoms with van der Waals surface area (Å²) in [4.78, 5) is 16.1. The van der Waals surface area contributed by atoms with E-state index in [-0.39, 0.29) is 22.5 Å². The Morgan fingerprint density at radius 1 is 1.23 bits per heavy atom. The minimum absolute atomic E-state index is 0.0135. The van der Waals surface area contributed by atoms with E-state index < -0.39 is 15.9 Å². The van der Waals surface area contributed by atoms with Crippen LogP contribution in [0.4, 0.5) is 14.9 Å². The Hall–Kier alpha value is -2.52. The first-order chi connectivity index (χ1) is 12.4. The van der Waals surface area contributed by atoms with Gasteiger partial charge in [0.15, 0.2) is 0 Å².